The Morgan fingerprint density at radius 2 is 2.00 bits per heavy atom. The summed E-state index contributed by atoms with van der Waals surface area (Å²) in [5.74, 6) is 0. The Hall–Kier alpha value is -1.87. The molecule has 2 nitrogen and oxygen atoms in total. The summed E-state index contributed by atoms with van der Waals surface area (Å²) in [6.07, 6.45) is 1.06. The van der Waals surface area contributed by atoms with Crippen LogP contribution < -0.4 is 0 Å². The summed E-state index contributed by atoms with van der Waals surface area (Å²) in [6, 6.07) is 15.0. The Labute approximate surface area is 109 Å². The van der Waals surface area contributed by atoms with Crippen molar-refractivity contribution in [3.05, 3.63) is 48.0 Å². The number of aryl methyl sites for hydroxylation is 1. The Morgan fingerprint density at radius 3 is 2.89 bits per heavy atom. The van der Waals surface area contributed by atoms with Gasteiger partial charge in [0.1, 0.15) is 0 Å². The highest BCUT2D eigenvalue weighted by Crippen LogP contribution is 2.30. The smallest absolute Gasteiger partial charge is 0.195 e. The van der Waals surface area contributed by atoms with Crippen molar-refractivity contribution in [1.82, 2.24) is 9.38 Å². The molecule has 88 valence electrons. The van der Waals surface area contributed by atoms with Crippen molar-refractivity contribution in [1.29, 1.82) is 0 Å². The van der Waals surface area contributed by atoms with Gasteiger partial charge in [-0.05, 0) is 36.2 Å². The van der Waals surface area contributed by atoms with Gasteiger partial charge in [-0.25, -0.2) is 4.98 Å². The van der Waals surface area contributed by atoms with Crippen LogP contribution >= 0.6 is 11.3 Å². The molecule has 2 aromatic carbocycles. The van der Waals surface area contributed by atoms with Crippen LogP contribution in [-0.2, 0) is 6.42 Å². The zero-order valence-corrected chi connectivity index (χ0v) is 10.9. The van der Waals surface area contributed by atoms with Crippen molar-refractivity contribution in [3.8, 4) is 0 Å². The fourth-order valence-corrected chi connectivity index (χ4v) is 3.49. The normalized spacial score (nSPS) is 11.8. The quantitative estimate of drug-likeness (QED) is 0.494. The maximum absolute atomic E-state index is 4.71. The van der Waals surface area contributed by atoms with Gasteiger partial charge in [-0.1, -0.05) is 36.5 Å². The van der Waals surface area contributed by atoms with E-state index in [-0.39, 0.29) is 0 Å². The molecule has 2 heterocycles. The van der Waals surface area contributed by atoms with E-state index in [1.807, 2.05) is 0 Å². The summed E-state index contributed by atoms with van der Waals surface area (Å²) in [6.45, 7) is 2.19. The minimum absolute atomic E-state index is 1.06. The predicted molar refractivity (Wildman–Crippen MR) is 77.5 cm³/mol. The van der Waals surface area contributed by atoms with Crippen molar-refractivity contribution < 1.29 is 0 Å². The highest BCUT2D eigenvalue weighted by atomic mass is 32.1. The summed E-state index contributed by atoms with van der Waals surface area (Å²) in [7, 11) is 0. The number of aromatic nitrogens is 2. The summed E-state index contributed by atoms with van der Waals surface area (Å²) in [4.78, 5) is 5.79. The van der Waals surface area contributed by atoms with E-state index in [1.54, 1.807) is 11.3 Å². The van der Waals surface area contributed by atoms with Crippen LogP contribution in [0.2, 0.25) is 0 Å². The molecular weight excluding hydrogens is 240 g/mol. The lowest BCUT2D eigenvalue weighted by Crippen LogP contribution is -1.83. The molecule has 0 atom stereocenters. The van der Waals surface area contributed by atoms with Crippen LogP contribution in [0.5, 0.6) is 0 Å². The summed E-state index contributed by atoms with van der Waals surface area (Å²) < 4.78 is 3.57. The molecule has 0 saturated heterocycles. The van der Waals surface area contributed by atoms with Gasteiger partial charge in [0.05, 0.1) is 21.3 Å². The highest BCUT2D eigenvalue weighted by molar-refractivity contribution is 7.23. The third-order valence-electron chi connectivity index (χ3n) is 3.40. The second-order valence-corrected chi connectivity index (χ2v) is 5.49. The SMILES string of the molecule is CCc1ccc2nc3sc4ccccc4n3c2c1. The molecule has 0 radical (unpaired) electrons. The van der Waals surface area contributed by atoms with Crippen molar-refractivity contribution in [3.63, 3.8) is 0 Å². The van der Waals surface area contributed by atoms with E-state index in [0.717, 1.165) is 16.9 Å². The standard InChI is InChI=1S/C15H12N2S/c1-2-10-7-8-11-13(9-10)17-12-5-3-4-6-14(12)18-15(17)16-11/h3-9H,2H2,1H3. The number of benzene rings is 2. The van der Waals surface area contributed by atoms with Crippen molar-refractivity contribution >= 4 is 37.5 Å². The first kappa shape index (κ1) is 10.1. The van der Waals surface area contributed by atoms with Crippen molar-refractivity contribution in [2.45, 2.75) is 13.3 Å². The third-order valence-corrected chi connectivity index (χ3v) is 4.43. The predicted octanol–water partition coefficient (Wildman–Crippen LogP) is 4.26. The van der Waals surface area contributed by atoms with Crippen LogP contribution in [0.4, 0.5) is 0 Å². The van der Waals surface area contributed by atoms with E-state index in [1.165, 1.54) is 21.3 Å². The Bertz CT molecular complexity index is 870. The zero-order valence-electron chi connectivity index (χ0n) is 10.1. The molecule has 0 aliphatic heterocycles. The van der Waals surface area contributed by atoms with Crippen LogP contribution in [0.15, 0.2) is 42.5 Å². The Balaban J connectivity index is 2.24. The second-order valence-electron chi connectivity index (χ2n) is 4.48. The summed E-state index contributed by atoms with van der Waals surface area (Å²) >= 11 is 1.75. The monoisotopic (exact) mass is 252 g/mol. The van der Waals surface area contributed by atoms with E-state index >= 15 is 0 Å². The molecule has 0 saturated carbocycles. The number of hydrogen-bond donors (Lipinski definition) is 0. The van der Waals surface area contributed by atoms with Gasteiger partial charge in [0.2, 0.25) is 0 Å². The van der Waals surface area contributed by atoms with Gasteiger partial charge >= 0.3 is 0 Å². The van der Waals surface area contributed by atoms with Gasteiger partial charge in [0.25, 0.3) is 0 Å². The van der Waals surface area contributed by atoms with Gasteiger partial charge in [-0.3, -0.25) is 4.40 Å². The lowest BCUT2D eigenvalue weighted by molar-refractivity contribution is 1.14. The summed E-state index contributed by atoms with van der Waals surface area (Å²) in [5, 5.41) is 0. The molecular formula is C15H12N2S. The van der Waals surface area contributed by atoms with E-state index in [9.17, 15) is 0 Å². The van der Waals surface area contributed by atoms with Crippen LogP contribution in [0.3, 0.4) is 0 Å². The van der Waals surface area contributed by atoms with Crippen LogP contribution in [0.1, 0.15) is 12.5 Å². The Kier molecular flexibility index (Phi) is 2.00. The summed E-state index contributed by atoms with van der Waals surface area (Å²) in [5.41, 5.74) is 4.93. The average Bonchev–Trinajstić information content (AvgIpc) is 2.93. The number of rotatable bonds is 1. The molecule has 0 bridgehead atoms. The zero-order chi connectivity index (χ0) is 12.1. The van der Waals surface area contributed by atoms with Gasteiger partial charge in [-0.15, -0.1) is 0 Å². The largest absolute Gasteiger partial charge is 0.283 e. The van der Waals surface area contributed by atoms with Gasteiger partial charge in [0.15, 0.2) is 4.96 Å². The van der Waals surface area contributed by atoms with Gasteiger partial charge in [0, 0.05) is 0 Å². The lowest BCUT2D eigenvalue weighted by atomic mass is 10.1. The van der Waals surface area contributed by atoms with Crippen LogP contribution in [-0.4, -0.2) is 9.38 Å². The first-order chi connectivity index (χ1) is 8.86. The van der Waals surface area contributed by atoms with E-state index in [4.69, 9.17) is 4.98 Å². The molecule has 0 aliphatic carbocycles. The molecule has 0 unspecified atom stereocenters. The first-order valence-corrected chi connectivity index (χ1v) is 6.97. The second kappa shape index (κ2) is 3.56. The molecule has 0 amide bonds. The number of para-hydroxylation sites is 1. The molecule has 4 aromatic rings. The molecule has 0 N–H and O–H groups in total. The van der Waals surface area contributed by atoms with E-state index < -0.39 is 0 Å². The molecule has 0 fully saturated rings. The van der Waals surface area contributed by atoms with Gasteiger partial charge in [-0.2, -0.15) is 0 Å². The number of hydrogen-bond acceptors (Lipinski definition) is 2. The fraction of sp³-hybridized carbons (Fsp3) is 0.133. The highest BCUT2D eigenvalue weighted by Gasteiger charge is 2.10. The number of imidazole rings is 1. The van der Waals surface area contributed by atoms with Crippen molar-refractivity contribution in [2.24, 2.45) is 0 Å². The average molecular weight is 252 g/mol. The van der Waals surface area contributed by atoms with E-state index in [0.29, 0.717) is 0 Å². The molecule has 18 heavy (non-hydrogen) atoms. The minimum atomic E-state index is 1.06. The molecule has 2 aromatic heterocycles. The maximum Gasteiger partial charge on any atom is 0.195 e. The van der Waals surface area contributed by atoms with E-state index in [2.05, 4.69) is 53.8 Å². The number of thiazole rings is 1. The molecule has 0 aliphatic rings. The molecule has 3 heteroatoms. The molecule has 0 spiro atoms. The Morgan fingerprint density at radius 1 is 1.11 bits per heavy atom. The first-order valence-electron chi connectivity index (χ1n) is 6.15. The molecule has 4 rings (SSSR count). The number of fused-ring (bicyclic) bond motifs is 5. The van der Waals surface area contributed by atoms with Crippen molar-refractivity contribution in [2.75, 3.05) is 0 Å². The van der Waals surface area contributed by atoms with Gasteiger partial charge < -0.3 is 0 Å². The fourth-order valence-electron chi connectivity index (χ4n) is 2.45. The minimum Gasteiger partial charge on any atom is -0.283 e. The van der Waals surface area contributed by atoms with Crippen LogP contribution in [0.25, 0.3) is 26.2 Å². The number of nitrogens with zero attached hydrogens (tertiary/aromatic N) is 2. The maximum atomic E-state index is 4.71. The topological polar surface area (TPSA) is 17.3 Å². The van der Waals surface area contributed by atoms with Crippen LogP contribution in [0, 0.1) is 0 Å². The third kappa shape index (κ3) is 1.25. The lowest BCUT2D eigenvalue weighted by Gasteiger charge is -1.98.